The fourth-order valence-electron chi connectivity index (χ4n) is 2.71. The Labute approximate surface area is 125 Å². The largest absolute Gasteiger partial charge is 0.464 e. The Bertz CT molecular complexity index is 789. The summed E-state index contributed by atoms with van der Waals surface area (Å²) < 4.78 is 5.41. The molecule has 0 unspecified atom stereocenters. The maximum absolute atomic E-state index is 12.2. The summed E-state index contributed by atoms with van der Waals surface area (Å²) in [4.78, 5) is 24.5. The number of aromatic nitrogens is 4. The number of furan rings is 1. The lowest BCUT2D eigenvalue weighted by Gasteiger charge is -2.35. The molecule has 112 valence electrons. The van der Waals surface area contributed by atoms with Crippen LogP contribution in [-0.2, 0) is 0 Å². The first kappa shape index (κ1) is 12.8. The molecule has 1 saturated heterocycles. The van der Waals surface area contributed by atoms with E-state index in [1.807, 2.05) is 12.1 Å². The van der Waals surface area contributed by atoms with Crippen LogP contribution in [0.2, 0.25) is 0 Å². The van der Waals surface area contributed by atoms with Gasteiger partial charge < -0.3 is 14.2 Å². The van der Waals surface area contributed by atoms with Gasteiger partial charge in [-0.15, -0.1) is 0 Å². The van der Waals surface area contributed by atoms with E-state index in [1.165, 1.54) is 6.33 Å². The number of aromatic amines is 1. The van der Waals surface area contributed by atoms with Crippen molar-refractivity contribution in [3.05, 3.63) is 36.7 Å². The number of H-pyrrole nitrogens is 1. The number of amides is 1. The topological polar surface area (TPSA) is 91.2 Å². The summed E-state index contributed by atoms with van der Waals surface area (Å²) in [6.45, 7) is 2.68. The molecule has 1 N–H and O–H groups in total. The van der Waals surface area contributed by atoms with E-state index in [9.17, 15) is 4.79 Å². The van der Waals surface area contributed by atoms with Gasteiger partial charge in [0.15, 0.2) is 0 Å². The zero-order chi connectivity index (χ0) is 14.9. The molecule has 1 aliphatic heterocycles. The molecular weight excluding hydrogens is 284 g/mol. The molecular formula is C14H14N6O2. The highest BCUT2D eigenvalue weighted by atomic mass is 16.3. The molecule has 0 radical (unpaired) electrons. The Morgan fingerprint density at radius 3 is 2.82 bits per heavy atom. The van der Waals surface area contributed by atoms with Crippen LogP contribution in [-0.4, -0.2) is 57.2 Å². The quantitative estimate of drug-likeness (QED) is 0.756. The number of carbonyl (C=O) groups is 1. The van der Waals surface area contributed by atoms with E-state index in [2.05, 4.69) is 25.1 Å². The van der Waals surface area contributed by atoms with Crippen molar-refractivity contribution in [2.45, 2.75) is 0 Å². The van der Waals surface area contributed by atoms with Crippen molar-refractivity contribution in [3.8, 4) is 0 Å². The second-order valence-corrected chi connectivity index (χ2v) is 5.08. The smallest absolute Gasteiger partial charge is 0.291 e. The Morgan fingerprint density at radius 2 is 2.05 bits per heavy atom. The molecule has 0 spiro atoms. The van der Waals surface area contributed by atoms with Crippen LogP contribution in [0, 0.1) is 0 Å². The molecule has 8 heteroatoms. The summed E-state index contributed by atoms with van der Waals surface area (Å²) in [6, 6.07) is 3.77. The van der Waals surface area contributed by atoms with Crippen LogP contribution in [0.15, 0.2) is 35.3 Å². The van der Waals surface area contributed by atoms with Crippen LogP contribution in [0.25, 0.3) is 11.0 Å². The molecule has 1 fully saturated rings. The molecule has 1 amide bonds. The third-order valence-electron chi connectivity index (χ3n) is 3.84. The van der Waals surface area contributed by atoms with Crippen molar-refractivity contribution in [2.24, 2.45) is 0 Å². The zero-order valence-electron chi connectivity index (χ0n) is 11.8. The third kappa shape index (κ3) is 2.09. The van der Waals surface area contributed by atoms with Gasteiger partial charge in [0.1, 0.15) is 17.7 Å². The van der Waals surface area contributed by atoms with Crippen molar-refractivity contribution in [1.82, 2.24) is 25.1 Å². The van der Waals surface area contributed by atoms with Crippen LogP contribution in [0.5, 0.6) is 0 Å². The van der Waals surface area contributed by atoms with Crippen molar-refractivity contribution in [1.29, 1.82) is 0 Å². The maximum Gasteiger partial charge on any atom is 0.291 e. The van der Waals surface area contributed by atoms with E-state index in [0.717, 1.165) is 29.9 Å². The fraction of sp³-hybridized carbons (Fsp3) is 0.286. The highest BCUT2D eigenvalue weighted by Crippen LogP contribution is 2.26. The molecule has 1 aliphatic rings. The molecule has 0 aliphatic carbocycles. The standard InChI is InChI=1S/C14H14N6O2/c21-14(12-16-9-17-18-12)20-6-4-19(5-7-20)13-10-2-8-22-11(10)1-3-15-13/h1-3,8-9H,4-7H2,(H,16,17,18). The number of hydrogen-bond donors (Lipinski definition) is 1. The maximum atomic E-state index is 12.2. The molecule has 0 atom stereocenters. The van der Waals surface area contributed by atoms with E-state index < -0.39 is 0 Å². The predicted molar refractivity (Wildman–Crippen MR) is 78.5 cm³/mol. The summed E-state index contributed by atoms with van der Waals surface area (Å²) >= 11 is 0. The minimum Gasteiger partial charge on any atom is -0.464 e. The number of rotatable bonds is 2. The van der Waals surface area contributed by atoms with E-state index in [4.69, 9.17) is 4.42 Å². The SMILES string of the molecule is O=C(c1ncn[nH]1)N1CCN(c2nccc3occc23)CC1. The van der Waals surface area contributed by atoms with Gasteiger partial charge in [-0.05, 0) is 12.1 Å². The van der Waals surface area contributed by atoms with Gasteiger partial charge >= 0.3 is 0 Å². The average molecular weight is 298 g/mol. The normalized spacial score (nSPS) is 15.5. The van der Waals surface area contributed by atoms with Gasteiger partial charge in [0.25, 0.3) is 5.91 Å². The van der Waals surface area contributed by atoms with Crippen molar-refractivity contribution < 1.29 is 9.21 Å². The number of nitrogens with one attached hydrogen (secondary N) is 1. The number of nitrogens with zero attached hydrogens (tertiary/aromatic N) is 5. The number of carbonyl (C=O) groups excluding carboxylic acids is 1. The second kappa shape index (κ2) is 5.14. The third-order valence-corrected chi connectivity index (χ3v) is 3.84. The summed E-state index contributed by atoms with van der Waals surface area (Å²) in [7, 11) is 0. The molecule has 8 nitrogen and oxygen atoms in total. The molecule has 3 aromatic heterocycles. The first-order valence-electron chi connectivity index (χ1n) is 7.05. The van der Waals surface area contributed by atoms with E-state index in [1.54, 1.807) is 17.4 Å². The number of hydrogen-bond acceptors (Lipinski definition) is 6. The van der Waals surface area contributed by atoms with E-state index in [0.29, 0.717) is 13.1 Å². The van der Waals surface area contributed by atoms with Gasteiger partial charge in [0.05, 0.1) is 11.6 Å². The summed E-state index contributed by atoms with van der Waals surface area (Å²) in [5.74, 6) is 1.06. The predicted octanol–water partition coefficient (Wildman–Crippen LogP) is 0.908. The van der Waals surface area contributed by atoms with Crippen molar-refractivity contribution in [3.63, 3.8) is 0 Å². The van der Waals surface area contributed by atoms with Crippen molar-refractivity contribution >= 4 is 22.7 Å². The average Bonchev–Trinajstić information content (AvgIpc) is 3.25. The first-order chi connectivity index (χ1) is 10.8. The second-order valence-electron chi connectivity index (χ2n) is 5.08. The minimum absolute atomic E-state index is 0.119. The monoisotopic (exact) mass is 298 g/mol. The summed E-state index contributed by atoms with van der Waals surface area (Å²) in [6.07, 6.45) is 4.75. The number of fused-ring (bicyclic) bond motifs is 1. The van der Waals surface area contributed by atoms with Crippen LogP contribution >= 0.6 is 0 Å². The molecule has 4 heterocycles. The lowest BCUT2D eigenvalue weighted by Crippen LogP contribution is -2.49. The van der Waals surface area contributed by atoms with Crippen LogP contribution < -0.4 is 4.90 Å². The van der Waals surface area contributed by atoms with Gasteiger partial charge in [-0.3, -0.25) is 9.89 Å². The van der Waals surface area contributed by atoms with Gasteiger partial charge in [-0.25, -0.2) is 9.97 Å². The Kier molecular flexibility index (Phi) is 2.99. The Morgan fingerprint density at radius 1 is 1.18 bits per heavy atom. The Balaban J connectivity index is 1.50. The number of piperazine rings is 1. The van der Waals surface area contributed by atoms with E-state index in [-0.39, 0.29) is 11.7 Å². The minimum atomic E-state index is -0.119. The van der Waals surface area contributed by atoms with Gasteiger partial charge in [0.2, 0.25) is 5.82 Å². The Hall–Kier alpha value is -2.90. The fourth-order valence-corrected chi connectivity index (χ4v) is 2.71. The summed E-state index contributed by atoms with van der Waals surface area (Å²) in [5.41, 5.74) is 0.824. The highest BCUT2D eigenvalue weighted by molar-refractivity contribution is 5.91. The lowest BCUT2D eigenvalue weighted by molar-refractivity contribution is 0.0735. The van der Waals surface area contributed by atoms with Crippen LogP contribution in [0.3, 0.4) is 0 Å². The number of anilines is 1. The number of pyridine rings is 1. The molecule has 4 rings (SSSR count). The lowest BCUT2D eigenvalue weighted by atomic mass is 10.2. The molecule has 0 saturated carbocycles. The first-order valence-corrected chi connectivity index (χ1v) is 7.05. The van der Waals surface area contributed by atoms with Crippen LogP contribution in [0.1, 0.15) is 10.6 Å². The van der Waals surface area contributed by atoms with E-state index >= 15 is 0 Å². The molecule has 22 heavy (non-hydrogen) atoms. The van der Waals surface area contributed by atoms with Gasteiger partial charge in [-0.1, -0.05) is 0 Å². The van der Waals surface area contributed by atoms with Crippen molar-refractivity contribution in [2.75, 3.05) is 31.1 Å². The summed E-state index contributed by atoms with van der Waals surface area (Å²) in [5, 5.41) is 7.32. The molecule has 3 aromatic rings. The van der Waals surface area contributed by atoms with Gasteiger partial charge in [0, 0.05) is 32.4 Å². The molecule has 0 aromatic carbocycles. The zero-order valence-corrected chi connectivity index (χ0v) is 11.8. The van der Waals surface area contributed by atoms with Crippen LogP contribution in [0.4, 0.5) is 5.82 Å². The molecule has 0 bridgehead atoms. The highest BCUT2D eigenvalue weighted by Gasteiger charge is 2.25. The van der Waals surface area contributed by atoms with Gasteiger partial charge in [-0.2, -0.15) is 5.10 Å².